The number of morpholine rings is 1. The Morgan fingerprint density at radius 2 is 1.84 bits per heavy atom. The van der Waals surface area contributed by atoms with Crippen LogP contribution in [0.2, 0.25) is 0 Å². The zero-order chi connectivity index (χ0) is 13.7. The Balaban J connectivity index is 1.85. The third-order valence-corrected chi connectivity index (χ3v) is 5.29. The summed E-state index contributed by atoms with van der Waals surface area (Å²) in [6, 6.07) is 6.85. The van der Waals surface area contributed by atoms with Crippen LogP contribution in [-0.2, 0) is 14.8 Å². The van der Waals surface area contributed by atoms with E-state index in [1.54, 1.807) is 24.3 Å². The van der Waals surface area contributed by atoms with Crippen LogP contribution in [0.1, 0.15) is 0 Å². The van der Waals surface area contributed by atoms with Crippen LogP contribution in [0.4, 0.5) is 0 Å². The molecule has 0 spiro atoms. The molecule has 1 fully saturated rings. The molecular formula is C12H18IN2O3S+. The van der Waals surface area contributed by atoms with Gasteiger partial charge in [-0.25, -0.2) is 13.1 Å². The highest BCUT2D eigenvalue weighted by Crippen LogP contribution is 2.11. The van der Waals surface area contributed by atoms with Gasteiger partial charge in [0.2, 0.25) is 10.0 Å². The molecule has 1 heterocycles. The van der Waals surface area contributed by atoms with Gasteiger partial charge in [-0.05, 0) is 46.9 Å². The molecule has 106 valence electrons. The van der Waals surface area contributed by atoms with Gasteiger partial charge in [-0.2, -0.15) is 0 Å². The minimum absolute atomic E-state index is 0.324. The van der Waals surface area contributed by atoms with Gasteiger partial charge in [-0.15, -0.1) is 0 Å². The van der Waals surface area contributed by atoms with Crippen molar-refractivity contribution in [2.75, 3.05) is 39.4 Å². The van der Waals surface area contributed by atoms with Gasteiger partial charge in [-0.1, -0.05) is 0 Å². The van der Waals surface area contributed by atoms with E-state index in [-0.39, 0.29) is 0 Å². The van der Waals surface area contributed by atoms with E-state index in [1.807, 2.05) is 0 Å². The van der Waals surface area contributed by atoms with Gasteiger partial charge >= 0.3 is 0 Å². The maximum Gasteiger partial charge on any atom is 0.240 e. The van der Waals surface area contributed by atoms with Crippen LogP contribution in [-0.4, -0.2) is 47.8 Å². The van der Waals surface area contributed by atoms with Gasteiger partial charge in [-0.3, -0.25) is 0 Å². The molecule has 0 saturated carbocycles. The molecule has 1 aliphatic heterocycles. The predicted octanol–water partition coefficient (Wildman–Crippen LogP) is -0.515. The van der Waals surface area contributed by atoms with Crippen LogP contribution in [0.15, 0.2) is 29.2 Å². The SMILES string of the molecule is O=S(=O)(NCC[NH+]1CCOCC1)c1ccc(I)cc1. The average molecular weight is 397 g/mol. The van der Waals surface area contributed by atoms with Gasteiger partial charge in [0.15, 0.2) is 0 Å². The number of ether oxygens (including phenoxy) is 1. The first-order valence-corrected chi connectivity index (χ1v) is 8.81. The molecule has 1 aromatic rings. The zero-order valence-corrected chi connectivity index (χ0v) is 13.5. The Labute approximate surface area is 127 Å². The lowest BCUT2D eigenvalue weighted by Crippen LogP contribution is -3.14. The standard InChI is InChI=1S/C12H17IN2O3S/c13-11-1-3-12(4-2-11)19(16,17)14-5-6-15-7-9-18-10-8-15/h1-4,14H,5-10H2/p+1. The molecular weight excluding hydrogens is 379 g/mol. The molecule has 1 saturated heterocycles. The molecule has 0 aliphatic carbocycles. The number of halogens is 1. The van der Waals surface area contributed by atoms with Crippen LogP contribution >= 0.6 is 22.6 Å². The summed E-state index contributed by atoms with van der Waals surface area (Å²) in [6.07, 6.45) is 0. The molecule has 2 N–H and O–H groups in total. The maximum atomic E-state index is 12.0. The summed E-state index contributed by atoms with van der Waals surface area (Å²) in [4.78, 5) is 1.71. The lowest BCUT2D eigenvalue weighted by molar-refractivity contribution is -0.906. The summed E-state index contributed by atoms with van der Waals surface area (Å²) in [7, 11) is -3.38. The molecule has 0 atom stereocenters. The highest BCUT2D eigenvalue weighted by Gasteiger charge is 2.17. The lowest BCUT2D eigenvalue weighted by atomic mass is 10.4. The fourth-order valence-corrected chi connectivity index (χ4v) is 3.36. The Morgan fingerprint density at radius 1 is 1.21 bits per heavy atom. The first kappa shape index (κ1) is 15.2. The number of hydrogen-bond acceptors (Lipinski definition) is 3. The Kier molecular flexibility index (Phi) is 5.58. The molecule has 19 heavy (non-hydrogen) atoms. The van der Waals surface area contributed by atoms with Crippen molar-refractivity contribution in [2.45, 2.75) is 4.90 Å². The van der Waals surface area contributed by atoms with Crippen molar-refractivity contribution in [3.63, 3.8) is 0 Å². The van der Waals surface area contributed by atoms with Crippen molar-refractivity contribution in [3.05, 3.63) is 27.8 Å². The minimum Gasteiger partial charge on any atom is -0.370 e. The fourth-order valence-electron chi connectivity index (χ4n) is 1.97. The van der Waals surface area contributed by atoms with Gasteiger partial charge in [0.25, 0.3) is 0 Å². The first-order chi connectivity index (χ1) is 9.08. The molecule has 1 aromatic carbocycles. The zero-order valence-electron chi connectivity index (χ0n) is 10.6. The van der Waals surface area contributed by atoms with E-state index >= 15 is 0 Å². The third-order valence-electron chi connectivity index (χ3n) is 3.09. The van der Waals surface area contributed by atoms with Crippen molar-refractivity contribution in [3.8, 4) is 0 Å². The summed E-state index contributed by atoms with van der Waals surface area (Å²) in [5, 5.41) is 0. The van der Waals surface area contributed by atoms with Gasteiger partial charge < -0.3 is 9.64 Å². The number of sulfonamides is 1. The largest absolute Gasteiger partial charge is 0.370 e. The number of hydrogen-bond donors (Lipinski definition) is 2. The fraction of sp³-hybridized carbons (Fsp3) is 0.500. The van der Waals surface area contributed by atoms with Crippen LogP contribution in [0.5, 0.6) is 0 Å². The average Bonchev–Trinajstić information content (AvgIpc) is 2.40. The maximum absolute atomic E-state index is 12.0. The number of nitrogens with one attached hydrogen (secondary N) is 2. The minimum atomic E-state index is -3.38. The van der Waals surface area contributed by atoms with Crippen LogP contribution in [0.25, 0.3) is 0 Å². The van der Waals surface area contributed by atoms with Crippen molar-refractivity contribution < 1.29 is 18.1 Å². The van der Waals surface area contributed by atoms with E-state index in [0.29, 0.717) is 11.4 Å². The summed E-state index contributed by atoms with van der Waals surface area (Å²) in [6.45, 7) is 4.69. The molecule has 0 aromatic heterocycles. The van der Waals surface area contributed by atoms with Gasteiger partial charge in [0.1, 0.15) is 13.1 Å². The van der Waals surface area contributed by atoms with Gasteiger partial charge in [0, 0.05) is 3.57 Å². The molecule has 0 radical (unpaired) electrons. The molecule has 0 amide bonds. The monoisotopic (exact) mass is 397 g/mol. The predicted molar refractivity (Wildman–Crippen MR) is 80.7 cm³/mol. The van der Waals surface area contributed by atoms with Crippen LogP contribution in [0, 0.1) is 3.57 Å². The highest BCUT2D eigenvalue weighted by atomic mass is 127. The number of rotatable bonds is 5. The van der Waals surface area contributed by atoms with Crippen molar-refractivity contribution >= 4 is 32.6 Å². The van der Waals surface area contributed by atoms with E-state index in [1.165, 1.54) is 4.90 Å². The Bertz CT molecular complexity index is 498. The second kappa shape index (κ2) is 6.98. The quantitative estimate of drug-likeness (QED) is 0.658. The van der Waals surface area contributed by atoms with E-state index < -0.39 is 10.0 Å². The van der Waals surface area contributed by atoms with Crippen molar-refractivity contribution in [1.82, 2.24) is 4.72 Å². The molecule has 7 heteroatoms. The lowest BCUT2D eigenvalue weighted by Gasteiger charge is -2.23. The van der Waals surface area contributed by atoms with Crippen molar-refractivity contribution in [1.29, 1.82) is 0 Å². The van der Waals surface area contributed by atoms with E-state index in [4.69, 9.17) is 4.74 Å². The summed E-state index contributed by atoms with van der Waals surface area (Å²) in [5.74, 6) is 0. The molecule has 5 nitrogen and oxygen atoms in total. The van der Waals surface area contributed by atoms with E-state index in [9.17, 15) is 8.42 Å². The second-order valence-corrected chi connectivity index (χ2v) is 7.48. The van der Waals surface area contributed by atoms with Gasteiger partial charge in [0.05, 0.1) is 31.2 Å². The number of quaternary nitrogens is 1. The molecule has 1 aliphatic rings. The Hall–Kier alpha value is -0.220. The molecule has 0 unspecified atom stereocenters. The first-order valence-electron chi connectivity index (χ1n) is 6.24. The second-order valence-electron chi connectivity index (χ2n) is 4.46. The third kappa shape index (κ3) is 4.67. The van der Waals surface area contributed by atoms with E-state index in [0.717, 1.165) is 36.4 Å². The Morgan fingerprint density at radius 3 is 2.47 bits per heavy atom. The normalized spacial score (nSPS) is 17.5. The van der Waals surface area contributed by atoms with E-state index in [2.05, 4.69) is 27.3 Å². The number of benzene rings is 1. The summed E-state index contributed by atoms with van der Waals surface area (Å²) >= 11 is 2.15. The van der Waals surface area contributed by atoms with Crippen LogP contribution < -0.4 is 9.62 Å². The molecule has 0 bridgehead atoms. The van der Waals surface area contributed by atoms with Crippen molar-refractivity contribution in [2.24, 2.45) is 0 Å². The smallest absolute Gasteiger partial charge is 0.240 e. The topological polar surface area (TPSA) is 59.8 Å². The van der Waals surface area contributed by atoms with Crippen LogP contribution in [0.3, 0.4) is 0 Å². The molecule has 2 rings (SSSR count). The highest BCUT2D eigenvalue weighted by molar-refractivity contribution is 14.1. The summed E-state index contributed by atoms with van der Waals surface area (Å²) < 4.78 is 33.0. The summed E-state index contributed by atoms with van der Waals surface area (Å²) in [5.41, 5.74) is 0.